The fraction of sp³-hybridized carbons (Fsp3) is 0.214. The number of rotatable bonds is 10. The molecule has 0 aliphatic rings. The van der Waals surface area contributed by atoms with Gasteiger partial charge in [-0.05, 0) is 56.2 Å². The molecule has 5 nitrogen and oxygen atoms in total. The number of imidazole rings is 2. The Hall–Kier alpha value is -3.86. The summed E-state index contributed by atoms with van der Waals surface area (Å²) in [5, 5.41) is 0. The molecule has 0 saturated heterocycles. The molecular formula is C28H32N4O. The van der Waals surface area contributed by atoms with Crippen molar-refractivity contribution in [3.63, 3.8) is 0 Å². The molecule has 5 heteroatoms. The summed E-state index contributed by atoms with van der Waals surface area (Å²) in [6.07, 6.45) is 20.6. The van der Waals surface area contributed by atoms with E-state index >= 15 is 0 Å². The van der Waals surface area contributed by atoms with Crippen LogP contribution in [0.25, 0.3) is 23.7 Å². The lowest BCUT2D eigenvalue weighted by Gasteiger charge is -2.06. The van der Waals surface area contributed by atoms with E-state index in [1.165, 1.54) is 0 Å². The van der Waals surface area contributed by atoms with Crippen molar-refractivity contribution in [1.82, 2.24) is 18.9 Å². The second-order valence-electron chi connectivity index (χ2n) is 7.83. The van der Waals surface area contributed by atoms with Gasteiger partial charge in [0, 0.05) is 18.1 Å². The highest BCUT2D eigenvalue weighted by Crippen LogP contribution is 2.22. The van der Waals surface area contributed by atoms with Gasteiger partial charge in [-0.25, -0.2) is 9.97 Å². The highest BCUT2D eigenvalue weighted by atomic mass is 16.5. The van der Waals surface area contributed by atoms with Gasteiger partial charge in [-0.15, -0.1) is 0 Å². The van der Waals surface area contributed by atoms with Crippen molar-refractivity contribution in [2.24, 2.45) is 5.92 Å². The molecule has 3 aromatic heterocycles. The van der Waals surface area contributed by atoms with E-state index in [4.69, 9.17) is 9.72 Å². The Balaban J connectivity index is 1.83. The summed E-state index contributed by atoms with van der Waals surface area (Å²) in [5.41, 5.74) is 2.91. The fourth-order valence-corrected chi connectivity index (χ4v) is 3.26. The standard InChI is InChI=1S/C28H32N4O/c1-7-13-26-24(6)31-20-25(32(28(31)30-26)27-16-11-12-19-29-27)18-17-23(5)33-22(4)15-10-9-14-21(3)8-2/h7,9-21H,4-5,8H2,1-3,6H3/b13-7-,14-9-,15-10-,18-17-. The van der Waals surface area contributed by atoms with E-state index in [1.807, 2.05) is 78.4 Å². The highest BCUT2D eigenvalue weighted by molar-refractivity contribution is 5.61. The number of hydrogen-bond donors (Lipinski definition) is 0. The number of aromatic nitrogens is 4. The molecule has 3 rings (SSSR count). The van der Waals surface area contributed by atoms with Crippen LogP contribution in [0.5, 0.6) is 0 Å². The Morgan fingerprint density at radius 2 is 1.94 bits per heavy atom. The number of pyridine rings is 1. The second-order valence-corrected chi connectivity index (χ2v) is 7.83. The van der Waals surface area contributed by atoms with Gasteiger partial charge >= 0.3 is 0 Å². The highest BCUT2D eigenvalue weighted by Gasteiger charge is 2.15. The molecule has 0 spiro atoms. The first-order chi connectivity index (χ1) is 15.9. The molecule has 3 heterocycles. The van der Waals surface area contributed by atoms with Crippen molar-refractivity contribution in [2.45, 2.75) is 34.1 Å². The molecule has 0 radical (unpaired) electrons. The van der Waals surface area contributed by atoms with E-state index in [1.54, 1.807) is 6.20 Å². The molecular weight excluding hydrogens is 408 g/mol. The molecule has 0 saturated carbocycles. The second kappa shape index (κ2) is 11.1. The first-order valence-electron chi connectivity index (χ1n) is 11.2. The van der Waals surface area contributed by atoms with Gasteiger partial charge in [-0.2, -0.15) is 0 Å². The quantitative estimate of drug-likeness (QED) is 0.250. The van der Waals surface area contributed by atoms with Gasteiger partial charge in [0.25, 0.3) is 0 Å². The monoisotopic (exact) mass is 440 g/mol. The molecule has 0 aliphatic carbocycles. The fourth-order valence-electron chi connectivity index (χ4n) is 3.26. The third-order valence-electron chi connectivity index (χ3n) is 5.27. The predicted molar refractivity (Wildman–Crippen MR) is 138 cm³/mol. The van der Waals surface area contributed by atoms with Crippen LogP contribution >= 0.6 is 0 Å². The summed E-state index contributed by atoms with van der Waals surface area (Å²) in [4.78, 5) is 9.34. The summed E-state index contributed by atoms with van der Waals surface area (Å²) in [6, 6.07) is 5.82. The van der Waals surface area contributed by atoms with Crippen LogP contribution in [-0.4, -0.2) is 18.9 Å². The van der Waals surface area contributed by atoms with Gasteiger partial charge in [0.2, 0.25) is 5.78 Å². The molecule has 0 amide bonds. The van der Waals surface area contributed by atoms with Crippen LogP contribution in [0.4, 0.5) is 0 Å². The Morgan fingerprint density at radius 1 is 1.15 bits per heavy atom. The van der Waals surface area contributed by atoms with Crippen molar-refractivity contribution >= 4 is 17.9 Å². The Bertz CT molecular complexity index is 1240. The molecule has 0 bridgehead atoms. The van der Waals surface area contributed by atoms with Crippen LogP contribution in [0, 0.1) is 12.8 Å². The van der Waals surface area contributed by atoms with Crippen molar-refractivity contribution in [1.29, 1.82) is 0 Å². The lowest BCUT2D eigenvalue weighted by Crippen LogP contribution is -2.00. The minimum Gasteiger partial charge on any atom is -0.459 e. The molecule has 0 N–H and O–H groups in total. The minimum absolute atomic E-state index is 0.494. The third kappa shape index (κ3) is 5.89. The van der Waals surface area contributed by atoms with Crippen molar-refractivity contribution < 1.29 is 4.74 Å². The largest absolute Gasteiger partial charge is 0.459 e. The SMILES string of the molecule is C=C(/C=C\C=C/C(C)CC)OC(=C)/C=C\c1cn2c(C)c(/C=C\C)nc2n1-c1ccccn1. The molecule has 0 fully saturated rings. The normalized spacial score (nSPS) is 13.2. The summed E-state index contributed by atoms with van der Waals surface area (Å²) < 4.78 is 9.81. The Morgan fingerprint density at radius 3 is 2.64 bits per heavy atom. The number of hydrogen-bond acceptors (Lipinski definition) is 3. The average molecular weight is 441 g/mol. The number of aryl methyl sites for hydroxylation is 1. The minimum atomic E-state index is 0.494. The van der Waals surface area contributed by atoms with Crippen molar-refractivity contribution in [3.05, 3.63) is 109 Å². The van der Waals surface area contributed by atoms with Gasteiger partial charge in [-0.1, -0.05) is 63.8 Å². The Labute approximate surface area is 196 Å². The third-order valence-corrected chi connectivity index (χ3v) is 5.27. The number of ether oxygens (including phenoxy) is 1. The van der Waals surface area contributed by atoms with Crippen LogP contribution in [-0.2, 0) is 4.74 Å². The maximum absolute atomic E-state index is 5.73. The van der Waals surface area contributed by atoms with Crippen molar-refractivity contribution in [2.75, 3.05) is 0 Å². The molecule has 3 aromatic rings. The molecule has 170 valence electrons. The lowest BCUT2D eigenvalue weighted by atomic mass is 10.1. The van der Waals surface area contributed by atoms with E-state index in [0.29, 0.717) is 17.4 Å². The average Bonchev–Trinajstić information content (AvgIpc) is 3.31. The van der Waals surface area contributed by atoms with Crippen LogP contribution in [0.1, 0.15) is 44.3 Å². The number of fused-ring (bicyclic) bond motifs is 1. The number of allylic oxidation sites excluding steroid dienone is 6. The van der Waals surface area contributed by atoms with Crippen molar-refractivity contribution in [3.8, 4) is 5.82 Å². The van der Waals surface area contributed by atoms with Crippen LogP contribution in [0.3, 0.4) is 0 Å². The molecule has 0 aliphatic heterocycles. The summed E-state index contributed by atoms with van der Waals surface area (Å²) in [5.74, 6) is 3.16. The van der Waals surface area contributed by atoms with Crippen LogP contribution in [0.15, 0.2) is 91.7 Å². The first kappa shape index (κ1) is 23.8. The molecule has 33 heavy (non-hydrogen) atoms. The zero-order valence-electron chi connectivity index (χ0n) is 19.9. The van der Waals surface area contributed by atoms with E-state index < -0.39 is 0 Å². The predicted octanol–water partition coefficient (Wildman–Crippen LogP) is 7.08. The zero-order chi connectivity index (χ0) is 23.8. The maximum atomic E-state index is 5.73. The topological polar surface area (TPSA) is 44.4 Å². The van der Waals surface area contributed by atoms with Crippen LogP contribution in [0.2, 0.25) is 0 Å². The van der Waals surface area contributed by atoms with E-state index in [0.717, 1.165) is 35.1 Å². The molecule has 1 atom stereocenters. The summed E-state index contributed by atoms with van der Waals surface area (Å²) in [7, 11) is 0. The summed E-state index contributed by atoms with van der Waals surface area (Å²) >= 11 is 0. The molecule has 1 unspecified atom stereocenters. The zero-order valence-corrected chi connectivity index (χ0v) is 19.9. The van der Waals surface area contributed by atoms with Gasteiger partial charge in [-0.3, -0.25) is 8.97 Å². The molecule has 0 aromatic carbocycles. The Kier molecular flexibility index (Phi) is 8.03. The first-order valence-corrected chi connectivity index (χ1v) is 11.2. The van der Waals surface area contributed by atoms with Gasteiger partial charge in [0.15, 0.2) is 0 Å². The maximum Gasteiger partial charge on any atom is 0.221 e. The summed E-state index contributed by atoms with van der Waals surface area (Å²) in [6.45, 7) is 16.3. The van der Waals surface area contributed by atoms with Gasteiger partial charge < -0.3 is 4.74 Å². The van der Waals surface area contributed by atoms with E-state index in [9.17, 15) is 0 Å². The van der Waals surface area contributed by atoms with Gasteiger partial charge in [0.1, 0.15) is 17.3 Å². The lowest BCUT2D eigenvalue weighted by molar-refractivity contribution is 0.340. The smallest absolute Gasteiger partial charge is 0.221 e. The number of nitrogens with zero attached hydrogens (tertiary/aromatic N) is 4. The van der Waals surface area contributed by atoms with E-state index in [-0.39, 0.29) is 0 Å². The van der Waals surface area contributed by atoms with Crippen LogP contribution < -0.4 is 0 Å². The van der Waals surface area contributed by atoms with Gasteiger partial charge in [0.05, 0.1) is 11.4 Å². The van der Waals surface area contributed by atoms with E-state index in [2.05, 4.69) is 49.4 Å².